The molecule has 0 atom stereocenters. The van der Waals surface area contributed by atoms with Crippen LogP contribution >= 0.6 is 0 Å². The van der Waals surface area contributed by atoms with E-state index in [2.05, 4.69) is 4.98 Å². The van der Waals surface area contributed by atoms with Gasteiger partial charge in [0.2, 0.25) is 0 Å². The van der Waals surface area contributed by atoms with Crippen molar-refractivity contribution in [2.24, 2.45) is 5.92 Å². The van der Waals surface area contributed by atoms with Crippen molar-refractivity contribution in [2.75, 3.05) is 6.61 Å². The van der Waals surface area contributed by atoms with E-state index < -0.39 is 0 Å². The molecule has 1 aromatic heterocycles. The van der Waals surface area contributed by atoms with Crippen molar-refractivity contribution >= 4 is 5.78 Å². The van der Waals surface area contributed by atoms with E-state index in [1.807, 2.05) is 39.8 Å². The Balaban J connectivity index is 2.42. The fraction of sp³-hybridized carbons (Fsp3) is 0.600. The van der Waals surface area contributed by atoms with Gasteiger partial charge >= 0.3 is 0 Å². The van der Waals surface area contributed by atoms with Crippen LogP contribution in [0, 0.1) is 5.92 Å². The molecule has 0 aliphatic heterocycles. The Morgan fingerprint density at radius 2 is 2.00 bits per heavy atom. The largest absolute Gasteiger partial charge is 0.373 e. The van der Waals surface area contributed by atoms with Gasteiger partial charge in [0, 0.05) is 12.1 Å². The third-order valence-corrected chi connectivity index (χ3v) is 2.60. The van der Waals surface area contributed by atoms with E-state index in [0.717, 1.165) is 11.3 Å². The van der Waals surface area contributed by atoms with Gasteiger partial charge in [-0.15, -0.1) is 0 Å². The molecule has 0 fully saturated rings. The minimum atomic E-state index is 0.0208. The van der Waals surface area contributed by atoms with E-state index in [1.165, 1.54) is 0 Å². The highest BCUT2D eigenvalue weighted by atomic mass is 16.5. The van der Waals surface area contributed by atoms with Gasteiger partial charge in [-0.1, -0.05) is 13.8 Å². The molecular weight excluding hydrogens is 242 g/mol. The Labute approximate surface area is 115 Å². The highest BCUT2D eigenvalue weighted by Gasteiger charge is 2.07. The molecule has 0 amide bonds. The maximum Gasteiger partial charge on any atom is 0.160 e. The summed E-state index contributed by atoms with van der Waals surface area (Å²) in [6, 6.07) is 3.83. The third-order valence-electron chi connectivity index (χ3n) is 2.60. The average molecular weight is 265 g/mol. The highest BCUT2D eigenvalue weighted by molar-refractivity contribution is 5.81. The molecule has 4 nitrogen and oxygen atoms in total. The molecule has 0 saturated carbocycles. The van der Waals surface area contributed by atoms with Crippen LogP contribution in [0.1, 0.15) is 39.0 Å². The number of rotatable bonds is 8. The summed E-state index contributed by atoms with van der Waals surface area (Å²) in [7, 11) is 0. The van der Waals surface area contributed by atoms with E-state index in [0.29, 0.717) is 13.2 Å². The van der Waals surface area contributed by atoms with Crippen LogP contribution in [0.5, 0.6) is 0 Å². The number of aromatic nitrogens is 1. The number of ether oxygens (including phenoxy) is 2. The maximum absolute atomic E-state index is 11.4. The fourth-order valence-electron chi connectivity index (χ4n) is 1.39. The van der Waals surface area contributed by atoms with E-state index in [-0.39, 0.29) is 24.4 Å². The second-order valence-electron chi connectivity index (χ2n) is 5.13. The summed E-state index contributed by atoms with van der Waals surface area (Å²) in [5.41, 5.74) is 1.89. The Bertz CT molecular complexity index is 402. The summed E-state index contributed by atoms with van der Waals surface area (Å²) in [5.74, 6) is 0.143. The zero-order chi connectivity index (χ0) is 14.3. The highest BCUT2D eigenvalue weighted by Crippen LogP contribution is 2.06. The van der Waals surface area contributed by atoms with E-state index in [1.54, 1.807) is 6.20 Å². The number of pyridine rings is 1. The molecule has 0 bridgehead atoms. The van der Waals surface area contributed by atoms with Gasteiger partial charge in [0.15, 0.2) is 5.78 Å². The Morgan fingerprint density at radius 1 is 1.26 bits per heavy atom. The normalized spacial score (nSPS) is 11.3. The predicted molar refractivity (Wildman–Crippen MR) is 73.7 cm³/mol. The van der Waals surface area contributed by atoms with Crippen molar-refractivity contribution in [1.82, 2.24) is 4.98 Å². The Morgan fingerprint density at radius 3 is 2.63 bits per heavy atom. The van der Waals surface area contributed by atoms with E-state index in [9.17, 15) is 4.79 Å². The number of carbonyl (C=O) groups excluding carboxylic acids is 1. The SMILES string of the molecule is CC(C)OCc1cc(COCC(=O)C(C)C)ccn1. The summed E-state index contributed by atoms with van der Waals surface area (Å²) in [6.45, 7) is 8.82. The number of carbonyl (C=O) groups is 1. The Hall–Kier alpha value is -1.26. The first-order valence-electron chi connectivity index (χ1n) is 6.65. The minimum Gasteiger partial charge on any atom is -0.373 e. The van der Waals surface area contributed by atoms with Crippen LogP contribution < -0.4 is 0 Å². The zero-order valence-corrected chi connectivity index (χ0v) is 12.2. The molecule has 0 aliphatic carbocycles. The lowest BCUT2D eigenvalue weighted by Gasteiger charge is -2.09. The standard InChI is InChI=1S/C15H23NO3/c1-11(2)15(17)10-18-8-13-5-6-16-14(7-13)9-19-12(3)4/h5-7,11-12H,8-10H2,1-4H3. The van der Waals surface area contributed by atoms with Gasteiger partial charge in [-0.05, 0) is 31.5 Å². The summed E-state index contributed by atoms with van der Waals surface area (Å²) in [6.07, 6.45) is 1.92. The second kappa shape index (κ2) is 8.02. The van der Waals surface area contributed by atoms with Crippen LogP contribution in [-0.2, 0) is 27.5 Å². The van der Waals surface area contributed by atoms with Crippen LogP contribution in [0.15, 0.2) is 18.3 Å². The van der Waals surface area contributed by atoms with Gasteiger partial charge in [-0.25, -0.2) is 0 Å². The van der Waals surface area contributed by atoms with Crippen molar-refractivity contribution in [3.8, 4) is 0 Å². The molecule has 19 heavy (non-hydrogen) atoms. The molecule has 0 aromatic carbocycles. The lowest BCUT2D eigenvalue weighted by Crippen LogP contribution is -2.14. The summed E-state index contributed by atoms with van der Waals surface area (Å²) in [4.78, 5) is 15.7. The van der Waals surface area contributed by atoms with Crippen LogP contribution in [0.2, 0.25) is 0 Å². The van der Waals surface area contributed by atoms with Crippen molar-refractivity contribution in [3.05, 3.63) is 29.6 Å². The first-order chi connectivity index (χ1) is 8.99. The van der Waals surface area contributed by atoms with Gasteiger partial charge in [0.1, 0.15) is 6.61 Å². The van der Waals surface area contributed by atoms with Gasteiger partial charge < -0.3 is 9.47 Å². The molecule has 0 aliphatic rings. The quantitative estimate of drug-likeness (QED) is 0.725. The molecule has 1 rings (SSSR count). The number of hydrogen-bond donors (Lipinski definition) is 0. The maximum atomic E-state index is 11.4. The van der Waals surface area contributed by atoms with Crippen molar-refractivity contribution in [1.29, 1.82) is 0 Å². The third kappa shape index (κ3) is 6.45. The first-order valence-corrected chi connectivity index (χ1v) is 6.65. The van der Waals surface area contributed by atoms with Crippen LogP contribution in [-0.4, -0.2) is 23.5 Å². The molecule has 0 saturated heterocycles. The van der Waals surface area contributed by atoms with Crippen LogP contribution in [0.3, 0.4) is 0 Å². The molecule has 0 N–H and O–H groups in total. The second-order valence-corrected chi connectivity index (χ2v) is 5.13. The van der Waals surface area contributed by atoms with Gasteiger partial charge in [-0.2, -0.15) is 0 Å². The molecule has 0 radical (unpaired) electrons. The molecule has 1 heterocycles. The monoisotopic (exact) mass is 265 g/mol. The molecule has 1 aromatic rings. The van der Waals surface area contributed by atoms with Crippen molar-refractivity contribution < 1.29 is 14.3 Å². The summed E-state index contributed by atoms with van der Waals surface area (Å²) in [5, 5.41) is 0. The lowest BCUT2D eigenvalue weighted by molar-refractivity contribution is -0.126. The smallest absolute Gasteiger partial charge is 0.160 e. The minimum absolute atomic E-state index is 0.0208. The first kappa shape index (κ1) is 15.8. The van der Waals surface area contributed by atoms with Crippen molar-refractivity contribution in [2.45, 2.75) is 47.0 Å². The topological polar surface area (TPSA) is 48.4 Å². The van der Waals surface area contributed by atoms with E-state index in [4.69, 9.17) is 9.47 Å². The zero-order valence-electron chi connectivity index (χ0n) is 12.2. The van der Waals surface area contributed by atoms with Crippen LogP contribution in [0.25, 0.3) is 0 Å². The number of ketones is 1. The van der Waals surface area contributed by atoms with E-state index >= 15 is 0 Å². The Kier molecular flexibility index (Phi) is 6.67. The molecule has 0 unspecified atom stereocenters. The average Bonchev–Trinajstić information content (AvgIpc) is 2.36. The number of hydrogen-bond acceptors (Lipinski definition) is 4. The molecular formula is C15H23NO3. The van der Waals surface area contributed by atoms with Gasteiger partial charge in [0.05, 0.1) is 25.0 Å². The molecule has 0 spiro atoms. The van der Waals surface area contributed by atoms with Crippen molar-refractivity contribution in [3.63, 3.8) is 0 Å². The van der Waals surface area contributed by atoms with Gasteiger partial charge in [-0.3, -0.25) is 9.78 Å². The van der Waals surface area contributed by atoms with Crippen LogP contribution in [0.4, 0.5) is 0 Å². The summed E-state index contributed by atoms with van der Waals surface area (Å²) < 4.78 is 10.9. The molecule has 4 heteroatoms. The molecule has 106 valence electrons. The number of Topliss-reactive ketones (excluding diaryl/α,β-unsaturated/α-hetero) is 1. The summed E-state index contributed by atoms with van der Waals surface area (Å²) >= 11 is 0. The number of nitrogens with zero attached hydrogens (tertiary/aromatic N) is 1. The fourth-order valence-corrected chi connectivity index (χ4v) is 1.39. The lowest BCUT2D eigenvalue weighted by atomic mass is 10.1. The predicted octanol–water partition coefficient (Wildman–Crippen LogP) is 2.75. The van der Waals surface area contributed by atoms with Gasteiger partial charge in [0.25, 0.3) is 0 Å².